The van der Waals surface area contributed by atoms with E-state index in [9.17, 15) is 31.7 Å². The van der Waals surface area contributed by atoms with Crippen LogP contribution in [0.1, 0.15) is 23.0 Å². The van der Waals surface area contributed by atoms with E-state index < -0.39 is 47.1 Å². The van der Waals surface area contributed by atoms with E-state index in [1.54, 1.807) is 6.07 Å². The fourth-order valence-electron chi connectivity index (χ4n) is 2.86. The van der Waals surface area contributed by atoms with Gasteiger partial charge in [-0.2, -0.15) is 18.4 Å². The third-order valence-corrected chi connectivity index (χ3v) is 5.95. The largest absolute Gasteiger partial charge is 0.488 e. The van der Waals surface area contributed by atoms with Gasteiger partial charge in [0.25, 0.3) is 5.91 Å². The van der Waals surface area contributed by atoms with E-state index in [0.717, 1.165) is 12.1 Å². The maximum absolute atomic E-state index is 13.5. The molecule has 0 spiro atoms. The zero-order valence-electron chi connectivity index (χ0n) is 16.1. The van der Waals surface area contributed by atoms with Gasteiger partial charge in [-0.25, -0.2) is 13.3 Å². The molecule has 31 heavy (non-hydrogen) atoms. The number of amides is 1. The van der Waals surface area contributed by atoms with Crippen LogP contribution >= 0.6 is 0 Å². The number of aliphatic hydroxyl groups is 1. The first-order valence-electron chi connectivity index (χ1n) is 8.67. The highest BCUT2D eigenvalue weighted by molar-refractivity contribution is 7.83. The first kappa shape index (κ1) is 22.7. The van der Waals surface area contributed by atoms with Crippen LogP contribution in [0.15, 0.2) is 29.3 Å². The Hall–Kier alpha value is -2.95. The summed E-state index contributed by atoms with van der Waals surface area (Å²) in [5, 5.41) is 21.2. The number of nitrogens with zero attached hydrogens (tertiary/aromatic N) is 2. The number of carbonyl (C=O) groups excluding carboxylic acids is 1. The maximum atomic E-state index is 13.5. The molecule has 0 aliphatic carbocycles. The summed E-state index contributed by atoms with van der Waals surface area (Å²) >= 11 is 0. The number of aromatic nitrogens is 1. The molecule has 13 heteroatoms. The molecule has 1 aliphatic rings. The van der Waals surface area contributed by atoms with Gasteiger partial charge >= 0.3 is 6.18 Å². The van der Waals surface area contributed by atoms with E-state index in [4.69, 9.17) is 10.00 Å². The second kappa shape index (κ2) is 7.95. The van der Waals surface area contributed by atoms with E-state index in [1.807, 2.05) is 0 Å². The topological polar surface area (TPSA) is 116 Å². The number of rotatable bonds is 3. The summed E-state index contributed by atoms with van der Waals surface area (Å²) in [6, 6.07) is 3.15. The van der Waals surface area contributed by atoms with Gasteiger partial charge in [-0.15, -0.1) is 0 Å². The van der Waals surface area contributed by atoms with Crippen molar-refractivity contribution >= 4 is 22.6 Å². The lowest BCUT2D eigenvalue weighted by Gasteiger charge is -2.33. The Bertz CT molecular complexity index is 1110. The van der Waals surface area contributed by atoms with E-state index in [1.165, 1.54) is 23.9 Å². The van der Waals surface area contributed by atoms with Crippen LogP contribution in [0.3, 0.4) is 0 Å². The summed E-state index contributed by atoms with van der Waals surface area (Å²) < 4.78 is 74.4. The van der Waals surface area contributed by atoms with Gasteiger partial charge in [-0.3, -0.25) is 4.79 Å². The first-order valence-corrected chi connectivity index (χ1v) is 9.82. The minimum absolute atomic E-state index is 0.0867. The predicted molar refractivity (Wildman–Crippen MR) is 100.0 cm³/mol. The second-order valence-corrected chi connectivity index (χ2v) is 8.15. The number of alkyl halides is 3. The zero-order chi connectivity index (χ0) is 23.1. The quantitative estimate of drug-likeness (QED) is 0.606. The molecular weight excluding hydrogens is 444 g/mol. The number of anilines is 1. The molecule has 0 bridgehead atoms. The highest BCUT2D eigenvalue weighted by atomic mass is 32.2. The average molecular weight is 460 g/mol. The molecule has 0 saturated heterocycles. The third-order valence-electron chi connectivity index (χ3n) is 4.76. The van der Waals surface area contributed by atoms with Crippen LogP contribution in [0, 0.1) is 17.1 Å². The Kier molecular flexibility index (Phi) is 5.83. The van der Waals surface area contributed by atoms with Gasteiger partial charge in [-0.1, -0.05) is 0 Å². The lowest BCUT2D eigenvalue weighted by molar-refractivity contribution is -0.263. The Morgan fingerprint density at radius 1 is 1.45 bits per heavy atom. The van der Waals surface area contributed by atoms with Crippen LogP contribution in [-0.4, -0.2) is 44.2 Å². The molecule has 3 N–H and O–H groups in total. The number of benzene rings is 1. The van der Waals surface area contributed by atoms with Crippen molar-refractivity contribution in [3.63, 3.8) is 0 Å². The van der Waals surface area contributed by atoms with Gasteiger partial charge in [0, 0.05) is 18.9 Å². The van der Waals surface area contributed by atoms with Crippen molar-refractivity contribution in [2.45, 2.75) is 29.6 Å². The fraction of sp³-hybridized carbons (Fsp3) is 0.333. The molecule has 8 nitrogen and oxygen atoms in total. The smallest absolute Gasteiger partial charge is 0.418 e. The second-order valence-electron chi connectivity index (χ2n) is 6.94. The number of halogens is 4. The number of nitriles is 1. The summed E-state index contributed by atoms with van der Waals surface area (Å²) in [5.41, 5.74) is -3.63. The molecule has 0 radical (unpaired) electrons. The number of hydrogen-bond acceptors (Lipinski definition) is 5. The van der Waals surface area contributed by atoms with Gasteiger partial charge in [0.2, 0.25) is 0 Å². The molecular formula is C18H16F4N4O4S. The van der Waals surface area contributed by atoms with Crippen LogP contribution in [0.5, 0.6) is 5.75 Å². The molecule has 2 aromatic rings. The van der Waals surface area contributed by atoms with Gasteiger partial charge in [-0.05, 0) is 25.1 Å². The molecule has 3 rings (SSSR count). The molecule has 3 unspecified atom stereocenters. The van der Waals surface area contributed by atoms with Crippen molar-refractivity contribution in [2.24, 2.45) is 7.05 Å². The van der Waals surface area contributed by atoms with Crippen molar-refractivity contribution in [3.8, 4) is 11.8 Å². The fourth-order valence-corrected chi connectivity index (χ4v) is 4.12. The minimum atomic E-state index is -5.03. The lowest BCUT2D eigenvalue weighted by Crippen LogP contribution is -2.59. The molecule has 166 valence electrons. The van der Waals surface area contributed by atoms with E-state index >= 15 is 0 Å². The summed E-state index contributed by atoms with van der Waals surface area (Å²) in [7, 11) is -0.804. The van der Waals surface area contributed by atoms with Crippen LogP contribution in [0.4, 0.5) is 23.2 Å². The summed E-state index contributed by atoms with van der Waals surface area (Å²) in [4.78, 5) is 12.7. The lowest BCUT2D eigenvalue weighted by atomic mass is 9.97. The van der Waals surface area contributed by atoms with Gasteiger partial charge in [0.1, 0.15) is 34.4 Å². The van der Waals surface area contributed by atoms with Crippen LogP contribution in [-0.2, 0) is 18.0 Å². The normalized spacial score (nSPS) is 20.6. The highest BCUT2D eigenvalue weighted by Gasteiger charge is 2.56. The highest BCUT2D eigenvalue weighted by Crippen LogP contribution is 2.37. The van der Waals surface area contributed by atoms with Gasteiger partial charge in [0.15, 0.2) is 17.0 Å². The van der Waals surface area contributed by atoms with Crippen LogP contribution < -0.4 is 14.8 Å². The van der Waals surface area contributed by atoms with Gasteiger partial charge < -0.3 is 19.7 Å². The monoisotopic (exact) mass is 460 g/mol. The summed E-state index contributed by atoms with van der Waals surface area (Å²) in [5.74, 6) is -1.80. The predicted octanol–water partition coefficient (Wildman–Crippen LogP) is 1.97. The van der Waals surface area contributed by atoms with E-state index in [0.29, 0.717) is 6.92 Å². The van der Waals surface area contributed by atoms with Crippen molar-refractivity contribution in [1.29, 1.82) is 5.26 Å². The Morgan fingerprint density at radius 2 is 2.13 bits per heavy atom. The van der Waals surface area contributed by atoms with Crippen LogP contribution in [0.2, 0.25) is 0 Å². The SMILES string of the molecule is Cn1cc2c(c1C(=O)Nc1ccc(F)c(C#N)c1)OCC(C(C)(O)C(F)(F)F)NS2=O. The number of carbonyl (C=O) groups is 1. The Labute approximate surface area is 176 Å². The van der Waals surface area contributed by atoms with Crippen LogP contribution in [0.25, 0.3) is 0 Å². The minimum Gasteiger partial charge on any atom is -0.488 e. The summed E-state index contributed by atoms with van der Waals surface area (Å²) in [6.07, 6.45) is -3.79. The molecule has 1 aromatic carbocycles. The Balaban J connectivity index is 1.91. The third kappa shape index (κ3) is 4.14. The molecule has 1 aromatic heterocycles. The van der Waals surface area contributed by atoms with Crippen molar-refractivity contribution in [1.82, 2.24) is 9.29 Å². The maximum Gasteiger partial charge on any atom is 0.418 e. The van der Waals surface area contributed by atoms with Crippen molar-refractivity contribution in [3.05, 3.63) is 41.5 Å². The van der Waals surface area contributed by atoms with Gasteiger partial charge in [0.05, 0.1) is 11.6 Å². The standard InChI is InChI=1S/C18H16F4N4O4S/c1-17(28,18(20,21)22)13-8-30-15-12(31(29)25-13)7-26(2)14(15)16(27)24-10-3-4-11(19)9(5-10)6-23/h3-5,7,13,25,28H,8H2,1-2H3,(H,24,27). The number of fused-ring (bicyclic) bond motifs is 1. The Morgan fingerprint density at radius 3 is 2.74 bits per heavy atom. The zero-order valence-corrected chi connectivity index (χ0v) is 16.9. The number of aryl methyl sites for hydroxylation is 1. The molecule has 1 amide bonds. The number of hydrogen-bond donors (Lipinski definition) is 3. The molecule has 0 saturated carbocycles. The van der Waals surface area contributed by atoms with Crippen molar-refractivity contribution in [2.75, 3.05) is 11.9 Å². The van der Waals surface area contributed by atoms with Crippen molar-refractivity contribution < 1.29 is 36.4 Å². The summed E-state index contributed by atoms with van der Waals surface area (Å²) in [6.45, 7) is -0.208. The molecule has 0 fully saturated rings. The average Bonchev–Trinajstić information content (AvgIpc) is 2.92. The molecule has 2 heterocycles. The van der Waals surface area contributed by atoms with E-state index in [-0.39, 0.29) is 27.6 Å². The first-order chi connectivity index (χ1) is 14.4. The number of ether oxygens (including phenoxy) is 1. The van der Waals surface area contributed by atoms with E-state index in [2.05, 4.69) is 10.0 Å². The molecule has 1 aliphatic heterocycles. The number of nitrogens with one attached hydrogen (secondary N) is 2. The molecule has 3 atom stereocenters.